The number of nitrogens with zero attached hydrogens (tertiary/aromatic N) is 1. The summed E-state index contributed by atoms with van der Waals surface area (Å²) in [7, 11) is 0. The summed E-state index contributed by atoms with van der Waals surface area (Å²) in [4.78, 5) is 0. The molecule has 0 spiro atoms. The van der Waals surface area contributed by atoms with E-state index in [1.807, 2.05) is 0 Å². The Morgan fingerprint density at radius 2 is 1.04 bits per heavy atom. The quantitative estimate of drug-likeness (QED) is 0.164. The van der Waals surface area contributed by atoms with E-state index < -0.39 is 5.41 Å². The molecule has 2 heteroatoms. The third-order valence-corrected chi connectivity index (χ3v) is 12.1. The van der Waals surface area contributed by atoms with Gasteiger partial charge < -0.3 is 4.57 Å². The van der Waals surface area contributed by atoms with Gasteiger partial charge in [0, 0.05) is 26.0 Å². The molecule has 0 unspecified atom stereocenters. The molecule has 1 heterocycles. The maximum absolute atomic E-state index is 4.75. The molecule has 0 radical (unpaired) electrons. The number of aromatic nitrogens is 1. The van der Waals surface area contributed by atoms with Crippen LogP contribution in [0.15, 0.2) is 199 Å². The van der Waals surface area contributed by atoms with Crippen LogP contribution >= 0.6 is 15.9 Å². The van der Waals surface area contributed by atoms with E-state index in [4.69, 9.17) is 6.58 Å². The molecule has 0 bridgehead atoms. The molecule has 1 aliphatic rings. The second-order valence-corrected chi connectivity index (χ2v) is 15.2. The lowest BCUT2D eigenvalue weighted by Crippen LogP contribution is -2.28. The highest BCUT2D eigenvalue weighted by Crippen LogP contribution is 2.56. The van der Waals surface area contributed by atoms with Gasteiger partial charge in [-0.15, -0.1) is 0 Å². The molecule has 260 valence electrons. The minimum atomic E-state index is -0.464. The molecule has 1 aliphatic carbocycles. The lowest BCUT2D eigenvalue weighted by molar-refractivity contribution is 0.768. The largest absolute Gasteiger partial charge is 0.309 e. The summed E-state index contributed by atoms with van der Waals surface area (Å²) in [5.74, 6) is 0. The van der Waals surface area contributed by atoms with Crippen molar-refractivity contribution in [3.63, 3.8) is 0 Å². The fourth-order valence-corrected chi connectivity index (χ4v) is 9.55. The monoisotopic (exact) mass is 765 g/mol. The smallest absolute Gasteiger partial charge is 0.0713 e. The number of rotatable bonds is 5. The normalized spacial score (nSPS) is 13.4. The number of benzene rings is 8. The molecule has 10 rings (SSSR count). The van der Waals surface area contributed by atoms with Gasteiger partial charge in [-0.3, -0.25) is 0 Å². The van der Waals surface area contributed by atoms with Crippen molar-refractivity contribution in [2.45, 2.75) is 5.41 Å². The highest BCUT2D eigenvalue weighted by atomic mass is 79.9. The number of hydrogen-bond donors (Lipinski definition) is 0. The van der Waals surface area contributed by atoms with E-state index in [1.165, 1.54) is 44.5 Å². The molecule has 0 aliphatic heterocycles. The molecule has 0 fully saturated rings. The fraction of sp³-hybridized carbons (Fsp3) is 0.0189. The molecule has 0 atom stereocenters. The highest BCUT2D eigenvalue weighted by molar-refractivity contribution is 9.10. The zero-order valence-electron chi connectivity index (χ0n) is 30.2. The summed E-state index contributed by atoms with van der Waals surface area (Å²) >= 11 is 3.82. The predicted octanol–water partition coefficient (Wildman–Crippen LogP) is 12.2. The van der Waals surface area contributed by atoms with Crippen molar-refractivity contribution in [2.75, 3.05) is 0 Å². The standard InChI is InChI=1S/C53H36BrN/c1-35-17-9-10-22-41(35)52-36(2)42-31-29-37(43-23-11-12-24-44(43)46-26-14-16-28-50(46)54)33-51(42)55(52)40-30-32-49-47(34-40)45-25-13-15-27-48(45)53(49,38-18-5-3-6-19-38)39-20-7-4-8-21-39/h3-34H,1-2H2/b52-41+. The van der Waals surface area contributed by atoms with Crippen molar-refractivity contribution in [3.05, 3.63) is 242 Å². The number of hydrogen-bond acceptors (Lipinski definition) is 0. The minimum absolute atomic E-state index is 0.464. The van der Waals surface area contributed by atoms with Crippen LogP contribution in [0, 0.1) is 10.6 Å². The van der Waals surface area contributed by atoms with Gasteiger partial charge in [-0.05, 0) is 85.1 Å². The van der Waals surface area contributed by atoms with E-state index in [-0.39, 0.29) is 0 Å². The van der Waals surface area contributed by atoms with Crippen molar-refractivity contribution in [1.82, 2.24) is 4.57 Å². The van der Waals surface area contributed by atoms with Gasteiger partial charge in [0.1, 0.15) is 0 Å². The molecule has 0 amide bonds. The van der Waals surface area contributed by atoms with E-state index in [1.54, 1.807) is 0 Å². The van der Waals surface area contributed by atoms with E-state index >= 15 is 0 Å². The van der Waals surface area contributed by atoms with E-state index in [0.29, 0.717) is 0 Å². The first kappa shape index (κ1) is 33.1. The average Bonchev–Trinajstić information content (AvgIpc) is 3.70. The Hall–Kier alpha value is -6.48. The average molecular weight is 767 g/mol. The molecular weight excluding hydrogens is 730 g/mol. The Kier molecular flexibility index (Phi) is 7.90. The third kappa shape index (κ3) is 5.06. The summed E-state index contributed by atoms with van der Waals surface area (Å²) in [5.41, 5.74) is 14.0. The van der Waals surface area contributed by atoms with Gasteiger partial charge in [0.25, 0.3) is 0 Å². The summed E-state index contributed by atoms with van der Waals surface area (Å²) < 4.78 is 3.49. The van der Waals surface area contributed by atoms with Crippen molar-refractivity contribution in [1.29, 1.82) is 0 Å². The summed E-state index contributed by atoms with van der Waals surface area (Å²) in [5, 5.41) is 5.20. The molecule has 0 N–H and O–H groups in total. The van der Waals surface area contributed by atoms with Crippen LogP contribution in [-0.2, 0) is 5.41 Å². The molecule has 0 saturated carbocycles. The summed E-state index contributed by atoms with van der Waals surface area (Å²) in [6, 6.07) is 70.3. The first-order chi connectivity index (χ1) is 27.1. The van der Waals surface area contributed by atoms with Crippen LogP contribution in [0.25, 0.3) is 63.1 Å². The van der Waals surface area contributed by atoms with Gasteiger partial charge in [0.2, 0.25) is 0 Å². The SMILES string of the molecule is C=c1cccc/c1=c1/c(=C)c2ccc(-c3ccccc3-c3ccccc3Br)cc2n1-c1ccc2c(c1)-c1ccccc1C2(c1ccccc1)c1ccccc1. The molecule has 55 heavy (non-hydrogen) atoms. The first-order valence-electron chi connectivity index (χ1n) is 18.7. The van der Waals surface area contributed by atoms with Gasteiger partial charge in [-0.25, -0.2) is 0 Å². The zero-order chi connectivity index (χ0) is 37.1. The lowest BCUT2D eigenvalue weighted by atomic mass is 9.68. The van der Waals surface area contributed by atoms with Crippen LogP contribution in [0.2, 0.25) is 0 Å². The molecule has 0 saturated heterocycles. The van der Waals surface area contributed by atoms with Crippen LogP contribution in [0.1, 0.15) is 22.3 Å². The van der Waals surface area contributed by atoms with Gasteiger partial charge in [0.05, 0.1) is 16.3 Å². The molecule has 9 aromatic rings. The topological polar surface area (TPSA) is 4.93 Å². The van der Waals surface area contributed by atoms with Crippen LogP contribution in [0.5, 0.6) is 0 Å². The van der Waals surface area contributed by atoms with Crippen LogP contribution < -0.4 is 10.4 Å². The minimum Gasteiger partial charge on any atom is -0.309 e. The zero-order valence-corrected chi connectivity index (χ0v) is 31.8. The molecular formula is C53H36BrN. The van der Waals surface area contributed by atoms with Gasteiger partial charge >= 0.3 is 0 Å². The summed E-state index contributed by atoms with van der Waals surface area (Å²) in [6.07, 6.45) is 0. The third-order valence-electron chi connectivity index (χ3n) is 11.4. The predicted molar refractivity (Wildman–Crippen MR) is 234 cm³/mol. The van der Waals surface area contributed by atoms with Crippen LogP contribution in [0.4, 0.5) is 0 Å². The van der Waals surface area contributed by atoms with E-state index in [0.717, 1.165) is 53.2 Å². The van der Waals surface area contributed by atoms with Crippen molar-refractivity contribution in [2.24, 2.45) is 0 Å². The second-order valence-electron chi connectivity index (χ2n) is 14.3. The molecule has 8 aromatic carbocycles. The van der Waals surface area contributed by atoms with Crippen LogP contribution in [-0.4, -0.2) is 4.57 Å². The first-order valence-corrected chi connectivity index (χ1v) is 19.5. The lowest BCUT2D eigenvalue weighted by Gasteiger charge is -2.33. The second kappa shape index (κ2) is 13.1. The van der Waals surface area contributed by atoms with Crippen molar-refractivity contribution >= 4 is 40.0 Å². The highest BCUT2D eigenvalue weighted by Gasteiger charge is 2.46. The number of halogens is 1. The maximum Gasteiger partial charge on any atom is 0.0713 e. The van der Waals surface area contributed by atoms with Gasteiger partial charge in [-0.2, -0.15) is 0 Å². The summed E-state index contributed by atoms with van der Waals surface area (Å²) in [6.45, 7) is 9.24. The van der Waals surface area contributed by atoms with Gasteiger partial charge in [0.15, 0.2) is 0 Å². The van der Waals surface area contributed by atoms with E-state index in [2.05, 4.69) is 221 Å². The Balaban J connectivity index is 1.29. The Morgan fingerprint density at radius 3 is 1.75 bits per heavy atom. The Morgan fingerprint density at radius 1 is 0.455 bits per heavy atom. The molecule has 1 aromatic heterocycles. The fourth-order valence-electron chi connectivity index (χ4n) is 9.05. The van der Waals surface area contributed by atoms with Gasteiger partial charge in [-0.1, -0.05) is 199 Å². The Bertz CT molecular complexity index is 3100. The van der Waals surface area contributed by atoms with E-state index in [9.17, 15) is 0 Å². The molecule has 1 nitrogen and oxygen atoms in total. The maximum atomic E-state index is 4.75. The van der Waals surface area contributed by atoms with Crippen molar-refractivity contribution < 1.29 is 0 Å². The van der Waals surface area contributed by atoms with Crippen LogP contribution in [0.3, 0.4) is 0 Å². The Labute approximate surface area is 329 Å². The number of fused-ring (bicyclic) bond motifs is 4. The van der Waals surface area contributed by atoms with Crippen molar-refractivity contribution in [3.8, 4) is 39.1 Å².